The third-order valence-electron chi connectivity index (χ3n) is 1.92. The lowest BCUT2D eigenvalue weighted by Gasteiger charge is -2.11. The minimum atomic E-state index is -0.376. The molecule has 1 aromatic heterocycles. The van der Waals surface area contributed by atoms with E-state index in [2.05, 4.69) is 11.9 Å². The molecule has 0 aliphatic rings. The minimum absolute atomic E-state index is 0.376. The Morgan fingerprint density at radius 1 is 1.62 bits per heavy atom. The van der Waals surface area contributed by atoms with Gasteiger partial charge in [0, 0.05) is 23.7 Å². The fraction of sp³-hybridized carbons (Fsp3) is 0.500. The number of hydrogen-bond donors (Lipinski definition) is 1. The van der Waals surface area contributed by atoms with Crippen molar-refractivity contribution in [1.29, 1.82) is 0 Å². The summed E-state index contributed by atoms with van der Waals surface area (Å²) < 4.78 is 0. The van der Waals surface area contributed by atoms with Crippen LogP contribution in [0.25, 0.3) is 0 Å². The number of aromatic nitrogens is 1. The first-order chi connectivity index (χ1) is 6.25. The van der Waals surface area contributed by atoms with Crippen LogP contribution >= 0.6 is 11.8 Å². The summed E-state index contributed by atoms with van der Waals surface area (Å²) in [5.41, 5.74) is 2.06. The average Bonchev–Trinajstić information content (AvgIpc) is 2.15. The van der Waals surface area contributed by atoms with Gasteiger partial charge in [-0.1, -0.05) is 6.92 Å². The number of nitrogens with zero attached hydrogens (tertiary/aromatic N) is 1. The molecule has 0 saturated carbocycles. The maximum absolute atomic E-state index is 9.77. The van der Waals surface area contributed by atoms with Gasteiger partial charge < -0.3 is 5.11 Å². The summed E-state index contributed by atoms with van der Waals surface area (Å²) in [6.07, 6.45) is 3.12. The molecule has 2 nitrogen and oxygen atoms in total. The summed E-state index contributed by atoms with van der Waals surface area (Å²) in [4.78, 5) is 4.01. The first-order valence-corrected chi connectivity index (χ1v) is 5.57. The van der Waals surface area contributed by atoms with Crippen molar-refractivity contribution in [3.8, 4) is 0 Å². The van der Waals surface area contributed by atoms with Gasteiger partial charge in [0.05, 0.1) is 6.10 Å². The molecule has 1 unspecified atom stereocenters. The number of thioether (sulfide) groups is 1. The highest BCUT2D eigenvalue weighted by molar-refractivity contribution is 7.99. The Labute approximate surface area is 83.4 Å². The smallest absolute Gasteiger partial charge is 0.0897 e. The van der Waals surface area contributed by atoms with E-state index in [0.29, 0.717) is 0 Å². The van der Waals surface area contributed by atoms with Gasteiger partial charge in [0.25, 0.3) is 0 Å². The van der Waals surface area contributed by atoms with E-state index >= 15 is 0 Å². The molecule has 0 saturated heterocycles. The molecule has 0 bridgehead atoms. The van der Waals surface area contributed by atoms with E-state index in [4.69, 9.17) is 0 Å². The SMILES string of the molecule is CCSCC(O)c1cnccc1C. The Morgan fingerprint density at radius 2 is 2.38 bits per heavy atom. The molecule has 0 aliphatic heterocycles. The maximum Gasteiger partial charge on any atom is 0.0897 e. The molecule has 3 heteroatoms. The van der Waals surface area contributed by atoms with Gasteiger partial charge in [-0.25, -0.2) is 0 Å². The molecule has 13 heavy (non-hydrogen) atoms. The normalized spacial score (nSPS) is 12.8. The number of aliphatic hydroxyl groups is 1. The maximum atomic E-state index is 9.77. The summed E-state index contributed by atoms with van der Waals surface area (Å²) in [6.45, 7) is 4.09. The molecule has 1 atom stereocenters. The van der Waals surface area contributed by atoms with Crippen molar-refractivity contribution < 1.29 is 5.11 Å². The van der Waals surface area contributed by atoms with Crippen LogP contribution in [0, 0.1) is 6.92 Å². The molecule has 0 amide bonds. The van der Waals surface area contributed by atoms with Crippen molar-refractivity contribution in [2.75, 3.05) is 11.5 Å². The molecular weight excluding hydrogens is 182 g/mol. The monoisotopic (exact) mass is 197 g/mol. The third kappa shape index (κ3) is 3.01. The van der Waals surface area contributed by atoms with E-state index in [1.165, 1.54) is 0 Å². The van der Waals surface area contributed by atoms with Gasteiger partial charge in [0.1, 0.15) is 0 Å². The predicted octanol–water partition coefficient (Wildman–Crippen LogP) is 2.18. The van der Waals surface area contributed by atoms with E-state index in [1.807, 2.05) is 13.0 Å². The molecule has 0 fully saturated rings. The van der Waals surface area contributed by atoms with Crippen molar-refractivity contribution >= 4 is 11.8 Å². The zero-order valence-electron chi connectivity index (χ0n) is 8.03. The first kappa shape index (κ1) is 10.5. The second-order valence-electron chi connectivity index (χ2n) is 2.91. The highest BCUT2D eigenvalue weighted by Gasteiger charge is 2.09. The Balaban J connectivity index is 2.65. The topological polar surface area (TPSA) is 33.1 Å². The van der Waals surface area contributed by atoms with Crippen LogP contribution in [0.2, 0.25) is 0 Å². The van der Waals surface area contributed by atoms with Gasteiger partial charge in [-0.3, -0.25) is 4.98 Å². The van der Waals surface area contributed by atoms with E-state index in [1.54, 1.807) is 24.2 Å². The lowest BCUT2D eigenvalue weighted by atomic mass is 10.1. The third-order valence-corrected chi connectivity index (χ3v) is 2.88. The van der Waals surface area contributed by atoms with E-state index in [-0.39, 0.29) is 6.10 Å². The summed E-state index contributed by atoms with van der Waals surface area (Å²) in [6, 6.07) is 1.93. The quantitative estimate of drug-likeness (QED) is 0.803. The molecule has 72 valence electrons. The molecule has 0 radical (unpaired) electrons. The van der Waals surface area contributed by atoms with Gasteiger partial charge in [-0.2, -0.15) is 11.8 Å². The van der Waals surface area contributed by atoms with E-state index in [9.17, 15) is 5.11 Å². The summed E-state index contributed by atoms with van der Waals surface area (Å²) in [7, 11) is 0. The van der Waals surface area contributed by atoms with Gasteiger partial charge in [0.15, 0.2) is 0 Å². The predicted molar refractivity (Wildman–Crippen MR) is 56.9 cm³/mol. The Morgan fingerprint density at radius 3 is 3.00 bits per heavy atom. The molecule has 0 aromatic carbocycles. The molecular formula is C10H15NOS. The lowest BCUT2D eigenvalue weighted by Crippen LogP contribution is -2.03. The van der Waals surface area contributed by atoms with Crippen LogP contribution in [-0.4, -0.2) is 21.6 Å². The van der Waals surface area contributed by atoms with Crippen molar-refractivity contribution in [1.82, 2.24) is 4.98 Å². The van der Waals surface area contributed by atoms with Gasteiger partial charge >= 0.3 is 0 Å². The van der Waals surface area contributed by atoms with Crippen LogP contribution in [0.5, 0.6) is 0 Å². The summed E-state index contributed by atoms with van der Waals surface area (Å²) in [5, 5.41) is 9.77. The summed E-state index contributed by atoms with van der Waals surface area (Å²) >= 11 is 1.74. The highest BCUT2D eigenvalue weighted by Crippen LogP contribution is 2.19. The molecule has 1 heterocycles. The standard InChI is InChI=1S/C10H15NOS/c1-3-13-7-10(12)9-6-11-5-4-8(9)2/h4-6,10,12H,3,7H2,1-2H3. The van der Waals surface area contributed by atoms with Gasteiger partial charge in [-0.05, 0) is 24.3 Å². The van der Waals surface area contributed by atoms with Crippen molar-refractivity contribution in [3.63, 3.8) is 0 Å². The molecule has 1 N–H and O–H groups in total. The minimum Gasteiger partial charge on any atom is -0.387 e. The van der Waals surface area contributed by atoms with Crippen molar-refractivity contribution in [3.05, 3.63) is 29.6 Å². The molecule has 0 spiro atoms. The molecule has 1 rings (SSSR count). The van der Waals surface area contributed by atoms with Crippen LogP contribution in [0.15, 0.2) is 18.5 Å². The van der Waals surface area contributed by atoms with Crippen LogP contribution in [0.3, 0.4) is 0 Å². The van der Waals surface area contributed by atoms with Crippen molar-refractivity contribution in [2.24, 2.45) is 0 Å². The first-order valence-electron chi connectivity index (χ1n) is 4.42. The van der Waals surface area contributed by atoms with Crippen molar-refractivity contribution in [2.45, 2.75) is 20.0 Å². The Hall–Kier alpha value is -0.540. The highest BCUT2D eigenvalue weighted by atomic mass is 32.2. The number of rotatable bonds is 4. The number of aryl methyl sites for hydroxylation is 1. The Kier molecular flexibility index (Phi) is 4.25. The second-order valence-corrected chi connectivity index (χ2v) is 4.23. The Bertz CT molecular complexity index is 265. The molecule has 1 aromatic rings. The second kappa shape index (κ2) is 5.25. The fourth-order valence-corrected chi connectivity index (χ4v) is 1.78. The van der Waals surface area contributed by atoms with Crippen LogP contribution in [-0.2, 0) is 0 Å². The largest absolute Gasteiger partial charge is 0.387 e. The number of pyridine rings is 1. The average molecular weight is 197 g/mol. The van der Waals surface area contributed by atoms with Gasteiger partial charge in [-0.15, -0.1) is 0 Å². The van der Waals surface area contributed by atoms with Gasteiger partial charge in [0.2, 0.25) is 0 Å². The van der Waals surface area contributed by atoms with E-state index < -0.39 is 0 Å². The lowest BCUT2D eigenvalue weighted by molar-refractivity contribution is 0.203. The van der Waals surface area contributed by atoms with E-state index in [0.717, 1.165) is 22.6 Å². The summed E-state index contributed by atoms with van der Waals surface area (Å²) in [5.74, 6) is 1.79. The number of aliphatic hydroxyl groups excluding tert-OH is 1. The van der Waals surface area contributed by atoms with Crippen LogP contribution < -0.4 is 0 Å². The molecule has 0 aliphatic carbocycles. The number of hydrogen-bond acceptors (Lipinski definition) is 3. The fourth-order valence-electron chi connectivity index (χ4n) is 1.14. The van der Waals surface area contributed by atoms with Crippen LogP contribution in [0.1, 0.15) is 24.2 Å². The zero-order valence-corrected chi connectivity index (χ0v) is 8.84. The van der Waals surface area contributed by atoms with Crippen LogP contribution in [0.4, 0.5) is 0 Å². The zero-order chi connectivity index (χ0) is 9.68.